The number of nitrogens with one attached hydrogen (secondary N) is 1. The Morgan fingerprint density at radius 3 is 2.68 bits per heavy atom. The summed E-state index contributed by atoms with van der Waals surface area (Å²) in [7, 11) is 0. The highest BCUT2D eigenvalue weighted by Crippen LogP contribution is 2.28. The quantitative estimate of drug-likeness (QED) is 0.742. The van der Waals surface area contributed by atoms with Gasteiger partial charge in [0.2, 0.25) is 0 Å². The molecule has 0 aliphatic carbocycles. The zero-order chi connectivity index (χ0) is 13.4. The van der Waals surface area contributed by atoms with Crippen LogP contribution in [0.15, 0.2) is 30.7 Å². The van der Waals surface area contributed by atoms with Crippen molar-refractivity contribution in [1.29, 1.82) is 0 Å². The van der Waals surface area contributed by atoms with Crippen LogP contribution in [0.2, 0.25) is 0 Å². The average Bonchev–Trinajstić information content (AvgIpc) is 2.81. The van der Waals surface area contributed by atoms with E-state index in [1.807, 2.05) is 0 Å². The van der Waals surface area contributed by atoms with Crippen LogP contribution in [0, 0.1) is 0 Å². The molecule has 0 spiro atoms. The standard InChI is InChI=1S/C12H9F2N5/c13-11(14)6-1-2-9(17-3-6)7-4-16-5-8-10(7)18-19-12(8)15/h1-5,11H,(H3,15,18,19). The van der Waals surface area contributed by atoms with E-state index in [1.165, 1.54) is 12.1 Å². The number of H-pyrrole nitrogens is 1. The minimum Gasteiger partial charge on any atom is -0.382 e. The number of nitrogen functional groups attached to an aromatic ring is 1. The molecule has 0 fully saturated rings. The van der Waals surface area contributed by atoms with Crippen LogP contribution in [-0.2, 0) is 0 Å². The molecular weight excluding hydrogens is 252 g/mol. The fraction of sp³-hybridized carbons (Fsp3) is 0.0833. The van der Waals surface area contributed by atoms with E-state index < -0.39 is 6.43 Å². The minimum absolute atomic E-state index is 0.118. The number of aromatic amines is 1. The number of hydrogen-bond donors (Lipinski definition) is 2. The first kappa shape index (κ1) is 11.5. The number of aromatic nitrogens is 4. The summed E-state index contributed by atoms with van der Waals surface area (Å²) in [6.07, 6.45) is 1.80. The highest BCUT2D eigenvalue weighted by atomic mass is 19.3. The van der Waals surface area contributed by atoms with E-state index in [1.54, 1.807) is 12.4 Å². The van der Waals surface area contributed by atoms with Gasteiger partial charge in [-0.3, -0.25) is 15.1 Å². The van der Waals surface area contributed by atoms with Crippen molar-refractivity contribution in [3.8, 4) is 11.3 Å². The zero-order valence-electron chi connectivity index (χ0n) is 9.64. The van der Waals surface area contributed by atoms with Gasteiger partial charge >= 0.3 is 0 Å². The van der Waals surface area contributed by atoms with Gasteiger partial charge in [0.25, 0.3) is 6.43 Å². The molecule has 0 saturated heterocycles. The average molecular weight is 261 g/mol. The van der Waals surface area contributed by atoms with Gasteiger partial charge in [-0.1, -0.05) is 0 Å². The van der Waals surface area contributed by atoms with Crippen molar-refractivity contribution < 1.29 is 8.78 Å². The largest absolute Gasteiger partial charge is 0.382 e. The van der Waals surface area contributed by atoms with E-state index in [0.29, 0.717) is 28.0 Å². The highest BCUT2D eigenvalue weighted by molar-refractivity contribution is 5.97. The molecule has 3 aromatic rings. The van der Waals surface area contributed by atoms with Crippen LogP contribution in [0.25, 0.3) is 22.2 Å². The molecule has 0 atom stereocenters. The number of nitrogens with two attached hydrogens (primary N) is 1. The number of rotatable bonds is 2. The third-order valence-corrected chi connectivity index (χ3v) is 2.82. The second-order valence-electron chi connectivity index (χ2n) is 4.00. The number of anilines is 1. The van der Waals surface area contributed by atoms with Crippen LogP contribution >= 0.6 is 0 Å². The topological polar surface area (TPSA) is 80.5 Å². The fourth-order valence-electron chi connectivity index (χ4n) is 1.84. The van der Waals surface area contributed by atoms with Crippen molar-refractivity contribution in [2.75, 3.05) is 5.73 Å². The first-order valence-corrected chi connectivity index (χ1v) is 5.49. The summed E-state index contributed by atoms with van der Waals surface area (Å²) < 4.78 is 24.9. The first-order valence-electron chi connectivity index (χ1n) is 5.49. The van der Waals surface area contributed by atoms with Gasteiger partial charge in [0.05, 0.1) is 16.6 Å². The van der Waals surface area contributed by atoms with Crippen molar-refractivity contribution in [2.24, 2.45) is 0 Å². The van der Waals surface area contributed by atoms with Crippen molar-refractivity contribution >= 4 is 16.7 Å². The summed E-state index contributed by atoms with van der Waals surface area (Å²) in [6, 6.07) is 2.86. The van der Waals surface area contributed by atoms with Crippen LogP contribution in [-0.4, -0.2) is 20.2 Å². The Kier molecular flexibility index (Phi) is 2.59. The van der Waals surface area contributed by atoms with Crippen molar-refractivity contribution in [1.82, 2.24) is 20.2 Å². The van der Waals surface area contributed by atoms with E-state index in [0.717, 1.165) is 6.20 Å². The molecule has 0 bridgehead atoms. The van der Waals surface area contributed by atoms with Gasteiger partial charge in [-0.25, -0.2) is 8.78 Å². The summed E-state index contributed by atoms with van der Waals surface area (Å²) in [5.74, 6) is 0.341. The molecule has 19 heavy (non-hydrogen) atoms. The Balaban J connectivity index is 2.13. The molecule has 0 aliphatic rings. The van der Waals surface area contributed by atoms with Crippen LogP contribution in [0.5, 0.6) is 0 Å². The molecule has 3 aromatic heterocycles. The summed E-state index contributed by atoms with van der Waals surface area (Å²) >= 11 is 0. The van der Waals surface area contributed by atoms with E-state index in [4.69, 9.17) is 5.73 Å². The molecule has 3 rings (SSSR count). The molecule has 0 saturated carbocycles. The third kappa shape index (κ3) is 1.88. The van der Waals surface area contributed by atoms with Gasteiger partial charge in [-0.15, -0.1) is 0 Å². The predicted octanol–water partition coefficient (Wildman–Crippen LogP) is 2.54. The number of halogens is 2. The monoisotopic (exact) mass is 261 g/mol. The van der Waals surface area contributed by atoms with Crippen LogP contribution in [0.1, 0.15) is 12.0 Å². The molecule has 0 aliphatic heterocycles. The summed E-state index contributed by atoms with van der Waals surface area (Å²) in [6.45, 7) is 0. The highest BCUT2D eigenvalue weighted by Gasteiger charge is 2.12. The number of fused-ring (bicyclic) bond motifs is 1. The van der Waals surface area contributed by atoms with Gasteiger partial charge < -0.3 is 5.73 Å². The number of nitrogens with zero attached hydrogens (tertiary/aromatic N) is 3. The zero-order valence-corrected chi connectivity index (χ0v) is 9.64. The maximum absolute atomic E-state index is 12.5. The molecule has 0 radical (unpaired) electrons. The molecule has 5 nitrogen and oxygen atoms in total. The lowest BCUT2D eigenvalue weighted by atomic mass is 10.1. The molecule has 0 unspecified atom stereocenters. The van der Waals surface area contributed by atoms with Crippen molar-refractivity contribution in [2.45, 2.75) is 6.43 Å². The van der Waals surface area contributed by atoms with Gasteiger partial charge in [-0.2, -0.15) is 5.10 Å². The number of alkyl halides is 2. The Hall–Kier alpha value is -2.57. The van der Waals surface area contributed by atoms with Crippen molar-refractivity contribution in [3.05, 3.63) is 36.3 Å². The Morgan fingerprint density at radius 2 is 2.00 bits per heavy atom. The lowest BCUT2D eigenvalue weighted by Crippen LogP contribution is -1.90. The van der Waals surface area contributed by atoms with Gasteiger partial charge in [-0.05, 0) is 12.1 Å². The summed E-state index contributed by atoms with van der Waals surface area (Å²) in [5.41, 5.74) is 7.45. The first-order chi connectivity index (χ1) is 9.16. The molecule has 0 amide bonds. The van der Waals surface area contributed by atoms with Gasteiger partial charge in [0, 0.05) is 29.7 Å². The third-order valence-electron chi connectivity index (χ3n) is 2.82. The molecule has 0 aromatic carbocycles. The molecular formula is C12H9F2N5. The molecule has 96 valence electrons. The molecule has 3 N–H and O–H groups in total. The predicted molar refractivity (Wildman–Crippen MR) is 66.5 cm³/mol. The Bertz CT molecular complexity index is 721. The second-order valence-corrected chi connectivity index (χ2v) is 4.00. The Morgan fingerprint density at radius 1 is 1.16 bits per heavy atom. The lowest BCUT2D eigenvalue weighted by molar-refractivity contribution is 0.151. The van der Waals surface area contributed by atoms with Crippen molar-refractivity contribution in [3.63, 3.8) is 0 Å². The van der Waals surface area contributed by atoms with Gasteiger partial charge in [0.1, 0.15) is 0 Å². The molecule has 3 heterocycles. The smallest absolute Gasteiger partial charge is 0.265 e. The SMILES string of the molecule is Nc1n[nH]c2c(-c3ccc(C(F)F)cn3)cncc12. The van der Waals surface area contributed by atoms with E-state index in [-0.39, 0.29) is 5.56 Å². The summed E-state index contributed by atoms with van der Waals surface area (Å²) in [5, 5.41) is 7.36. The van der Waals surface area contributed by atoms with Crippen LogP contribution in [0.3, 0.4) is 0 Å². The minimum atomic E-state index is -2.53. The maximum atomic E-state index is 12.5. The van der Waals surface area contributed by atoms with Crippen LogP contribution in [0.4, 0.5) is 14.6 Å². The number of hydrogen-bond acceptors (Lipinski definition) is 4. The molecule has 7 heteroatoms. The fourth-order valence-corrected chi connectivity index (χ4v) is 1.84. The van der Waals surface area contributed by atoms with E-state index in [9.17, 15) is 8.78 Å². The normalized spacial score (nSPS) is 11.3. The lowest BCUT2D eigenvalue weighted by Gasteiger charge is -2.03. The number of pyridine rings is 2. The van der Waals surface area contributed by atoms with Crippen LogP contribution < -0.4 is 5.73 Å². The summed E-state index contributed by atoms with van der Waals surface area (Å²) in [4.78, 5) is 8.07. The van der Waals surface area contributed by atoms with E-state index in [2.05, 4.69) is 20.2 Å². The maximum Gasteiger partial charge on any atom is 0.265 e. The second kappa shape index (κ2) is 4.27. The Labute approximate surface area is 106 Å². The van der Waals surface area contributed by atoms with E-state index >= 15 is 0 Å². The van der Waals surface area contributed by atoms with Gasteiger partial charge in [0.15, 0.2) is 5.82 Å².